The first-order chi connectivity index (χ1) is 16.6. The zero-order chi connectivity index (χ0) is 23.2. The molecular formula is C26H24N6O2. The lowest BCUT2D eigenvalue weighted by Crippen LogP contribution is -2.21. The summed E-state index contributed by atoms with van der Waals surface area (Å²) in [6.07, 6.45) is 4.22. The molecule has 34 heavy (non-hydrogen) atoms. The van der Waals surface area contributed by atoms with Crippen LogP contribution in [0.25, 0.3) is 38.9 Å². The van der Waals surface area contributed by atoms with Crippen molar-refractivity contribution in [2.75, 3.05) is 5.73 Å². The van der Waals surface area contributed by atoms with Crippen LogP contribution in [-0.2, 0) is 4.79 Å². The van der Waals surface area contributed by atoms with Gasteiger partial charge in [-0.2, -0.15) is 5.10 Å². The first-order valence-corrected chi connectivity index (χ1v) is 11.5. The van der Waals surface area contributed by atoms with E-state index in [0.717, 1.165) is 46.4 Å². The van der Waals surface area contributed by atoms with Gasteiger partial charge in [-0.05, 0) is 37.3 Å². The molecule has 1 aliphatic rings. The summed E-state index contributed by atoms with van der Waals surface area (Å²) >= 11 is 0. The third kappa shape index (κ3) is 3.30. The number of para-hydroxylation sites is 1. The summed E-state index contributed by atoms with van der Waals surface area (Å²) in [4.78, 5) is 24.2. The van der Waals surface area contributed by atoms with Crippen LogP contribution in [0.1, 0.15) is 37.4 Å². The third-order valence-corrected chi connectivity index (χ3v) is 6.92. The highest BCUT2D eigenvalue weighted by molar-refractivity contribution is 5.98. The molecule has 8 nitrogen and oxygen atoms in total. The fraction of sp³-hybridized carbons (Fsp3) is 0.231. The van der Waals surface area contributed by atoms with E-state index in [-0.39, 0.29) is 11.8 Å². The number of hydrogen-bond acceptors (Lipinski definition) is 5. The molecule has 170 valence electrons. The lowest BCUT2D eigenvalue weighted by atomic mass is 9.82. The summed E-state index contributed by atoms with van der Waals surface area (Å²) in [6, 6.07) is 18.6. The van der Waals surface area contributed by atoms with Gasteiger partial charge in [-0.25, -0.2) is 14.5 Å². The van der Waals surface area contributed by atoms with Gasteiger partial charge in [0.15, 0.2) is 5.82 Å². The molecule has 0 radical (unpaired) electrons. The average molecular weight is 453 g/mol. The minimum absolute atomic E-state index is 0.121. The van der Waals surface area contributed by atoms with Crippen LogP contribution in [0.15, 0.2) is 60.9 Å². The summed E-state index contributed by atoms with van der Waals surface area (Å²) in [6.45, 7) is 0. The molecular weight excluding hydrogens is 428 g/mol. The van der Waals surface area contributed by atoms with Crippen LogP contribution in [0.3, 0.4) is 0 Å². The van der Waals surface area contributed by atoms with Crippen molar-refractivity contribution in [1.82, 2.24) is 24.6 Å². The van der Waals surface area contributed by atoms with Gasteiger partial charge in [0.2, 0.25) is 0 Å². The number of nitrogens with two attached hydrogens (primary N) is 1. The Labute approximate surface area is 195 Å². The Morgan fingerprint density at radius 3 is 2.62 bits per heavy atom. The van der Waals surface area contributed by atoms with Crippen molar-refractivity contribution in [2.45, 2.75) is 31.6 Å². The highest BCUT2D eigenvalue weighted by atomic mass is 16.4. The van der Waals surface area contributed by atoms with Gasteiger partial charge in [-0.1, -0.05) is 48.5 Å². The van der Waals surface area contributed by atoms with E-state index < -0.39 is 5.97 Å². The van der Waals surface area contributed by atoms with Crippen LogP contribution in [0, 0.1) is 5.92 Å². The Morgan fingerprint density at radius 2 is 1.85 bits per heavy atom. The largest absolute Gasteiger partial charge is 0.481 e. The summed E-state index contributed by atoms with van der Waals surface area (Å²) in [5, 5.41) is 14.9. The second-order valence-electron chi connectivity index (χ2n) is 8.93. The van der Waals surface area contributed by atoms with Crippen molar-refractivity contribution >= 4 is 28.2 Å². The molecule has 1 aliphatic carbocycles. The Balaban J connectivity index is 1.48. The van der Waals surface area contributed by atoms with Gasteiger partial charge in [-0.15, -0.1) is 0 Å². The molecule has 2 aromatic carbocycles. The number of nitrogens with zero attached hydrogens (tertiary/aromatic N) is 4. The van der Waals surface area contributed by atoms with Gasteiger partial charge in [-0.3, -0.25) is 4.79 Å². The van der Waals surface area contributed by atoms with E-state index in [1.165, 1.54) is 6.33 Å². The Morgan fingerprint density at radius 1 is 1.06 bits per heavy atom. The first-order valence-electron chi connectivity index (χ1n) is 11.5. The van der Waals surface area contributed by atoms with E-state index in [0.29, 0.717) is 29.9 Å². The number of anilines is 1. The predicted octanol–water partition coefficient (Wildman–Crippen LogP) is 4.88. The number of nitrogens with one attached hydrogen (secondary N) is 1. The van der Waals surface area contributed by atoms with Crippen LogP contribution in [0.2, 0.25) is 0 Å². The predicted molar refractivity (Wildman–Crippen MR) is 130 cm³/mol. The van der Waals surface area contributed by atoms with Gasteiger partial charge < -0.3 is 15.8 Å². The fourth-order valence-corrected chi connectivity index (χ4v) is 5.17. The lowest BCUT2D eigenvalue weighted by molar-refractivity contribution is -0.142. The maximum absolute atomic E-state index is 11.4. The van der Waals surface area contributed by atoms with Crippen molar-refractivity contribution in [1.29, 1.82) is 0 Å². The SMILES string of the molecule is Nc1ncnn2c1c(-c1cc3cccc(-c4ccccc4)c3[nH]1)nc2[C@H]1CC[C@H](C(=O)O)CC1. The molecule has 4 N–H and O–H groups in total. The molecule has 1 fully saturated rings. The number of fused-ring (bicyclic) bond motifs is 2. The van der Waals surface area contributed by atoms with Crippen molar-refractivity contribution < 1.29 is 9.90 Å². The standard InChI is InChI=1S/C26H24N6O2/c27-24-23-22(20-13-18-7-4-8-19(21(18)30-20)15-5-2-1-3-6-15)31-25(32(23)29-14-28-24)16-9-11-17(12-10-16)26(33)34/h1-8,13-14,16-17,30H,9-12H2,(H,33,34)(H2,27,28,29)/t16-,17-. The number of benzene rings is 2. The van der Waals surface area contributed by atoms with E-state index in [1.54, 1.807) is 4.52 Å². The first kappa shape index (κ1) is 20.4. The quantitative estimate of drug-likeness (QED) is 0.357. The smallest absolute Gasteiger partial charge is 0.306 e. The number of hydrogen-bond donors (Lipinski definition) is 3. The minimum atomic E-state index is -0.717. The summed E-state index contributed by atoms with van der Waals surface area (Å²) in [5.41, 5.74) is 11.8. The number of carboxylic acid groups (broad SMARTS) is 1. The molecule has 3 heterocycles. The number of carbonyl (C=O) groups is 1. The molecule has 0 saturated heterocycles. The van der Waals surface area contributed by atoms with Crippen molar-refractivity contribution in [3.05, 3.63) is 66.7 Å². The van der Waals surface area contributed by atoms with Crippen molar-refractivity contribution in [3.63, 3.8) is 0 Å². The van der Waals surface area contributed by atoms with Crippen LogP contribution in [0.5, 0.6) is 0 Å². The van der Waals surface area contributed by atoms with E-state index >= 15 is 0 Å². The highest BCUT2D eigenvalue weighted by Gasteiger charge is 2.31. The lowest BCUT2D eigenvalue weighted by Gasteiger charge is -2.24. The number of rotatable bonds is 4. The van der Waals surface area contributed by atoms with E-state index in [9.17, 15) is 9.90 Å². The number of aromatic amines is 1. The Hall–Kier alpha value is -4.20. The van der Waals surface area contributed by atoms with Crippen molar-refractivity contribution in [3.8, 4) is 22.5 Å². The molecule has 3 aromatic heterocycles. The molecule has 6 rings (SSSR count). The summed E-state index contributed by atoms with van der Waals surface area (Å²) in [7, 11) is 0. The van der Waals surface area contributed by atoms with Crippen LogP contribution < -0.4 is 5.73 Å². The second-order valence-corrected chi connectivity index (χ2v) is 8.93. The number of imidazole rings is 1. The number of aromatic nitrogens is 5. The number of H-pyrrole nitrogens is 1. The van der Waals surface area contributed by atoms with Gasteiger partial charge >= 0.3 is 5.97 Å². The molecule has 0 atom stereocenters. The van der Waals surface area contributed by atoms with E-state index in [1.807, 2.05) is 18.2 Å². The van der Waals surface area contributed by atoms with Crippen LogP contribution in [-0.4, -0.2) is 35.6 Å². The van der Waals surface area contributed by atoms with Crippen LogP contribution >= 0.6 is 0 Å². The molecule has 5 aromatic rings. The number of nitrogen functional groups attached to an aromatic ring is 1. The Bertz CT molecular complexity index is 1510. The zero-order valence-electron chi connectivity index (χ0n) is 18.5. The zero-order valence-corrected chi connectivity index (χ0v) is 18.5. The average Bonchev–Trinajstić information content (AvgIpc) is 3.47. The van der Waals surface area contributed by atoms with Crippen LogP contribution in [0.4, 0.5) is 5.82 Å². The number of aliphatic carboxylic acids is 1. The van der Waals surface area contributed by atoms with E-state index in [4.69, 9.17) is 10.7 Å². The topological polar surface area (TPSA) is 122 Å². The molecule has 8 heteroatoms. The van der Waals surface area contributed by atoms with Gasteiger partial charge in [0.05, 0.1) is 17.1 Å². The minimum Gasteiger partial charge on any atom is -0.481 e. The molecule has 0 bridgehead atoms. The normalized spacial score (nSPS) is 18.5. The maximum Gasteiger partial charge on any atom is 0.306 e. The monoisotopic (exact) mass is 452 g/mol. The third-order valence-electron chi connectivity index (χ3n) is 6.92. The van der Waals surface area contributed by atoms with E-state index in [2.05, 4.69) is 51.5 Å². The highest BCUT2D eigenvalue weighted by Crippen LogP contribution is 2.39. The second kappa shape index (κ2) is 7.98. The van der Waals surface area contributed by atoms with Crippen molar-refractivity contribution in [2.24, 2.45) is 5.92 Å². The Kier molecular flexibility index (Phi) is 4.79. The summed E-state index contributed by atoms with van der Waals surface area (Å²) < 4.78 is 1.78. The summed E-state index contributed by atoms with van der Waals surface area (Å²) in [5.74, 6) is 0.294. The molecule has 0 amide bonds. The van der Waals surface area contributed by atoms with Gasteiger partial charge in [0.1, 0.15) is 23.4 Å². The molecule has 0 spiro atoms. The van der Waals surface area contributed by atoms with Gasteiger partial charge in [0.25, 0.3) is 0 Å². The fourth-order valence-electron chi connectivity index (χ4n) is 5.17. The van der Waals surface area contributed by atoms with Gasteiger partial charge in [0, 0.05) is 16.9 Å². The maximum atomic E-state index is 11.4. The molecule has 0 aliphatic heterocycles. The molecule has 1 saturated carbocycles. The molecule has 0 unspecified atom stereocenters. The number of carboxylic acids is 1.